The smallest absolute Gasteiger partial charge is 0.202 e. The lowest BCUT2D eigenvalue weighted by Gasteiger charge is -2.14. The molecule has 3 rings (SSSR count). The van der Waals surface area contributed by atoms with Crippen molar-refractivity contribution in [2.24, 2.45) is 7.05 Å². The molecular formula is C19H25N4OS2+. The van der Waals surface area contributed by atoms with Crippen LogP contribution in [0.1, 0.15) is 23.2 Å². The van der Waals surface area contributed by atoms with Gasteiger partial charge in [-0.1, -0.05) is 6.07 Å². The van der Waals surface area contributed by atoms with Crippen molar-refractivity contribution < 1.29 is 9.64 Å². The molecule has 0 amide bonds. The second-order valence-electron chi connectivity index (χ2n) is 6.38. The number of hydrogen-bond donors (Lipinski definition) is 1. The lowest BCUT2D eigenvalue weighted by molar-refractivity contribution is -0.917. The van der Waals surface area contributed by atoms with Crippen molar-refractivity contribution in [2.45, 2.75) is 26.6 Å². The van der Waals surface area contributed by atoms with Crippen molar-refractivity contribution in [3.63, 3.8) is 0 Å². The molecule has 0 aliphatic carbocycles. The maximum atomic E-state index is 5.58. The molecule has 0 bridgehead atoms. The van der Waals surface area contributed by atoms with Gasteiger partial charge in [0.25, 0.3) is 0 Å². The van der Waals surface area contributed by atoms with Gasteiger partial charge in [0.1, 0.15) is 18.1 Å². The molecule has 138 valence electrons. The first kappa shape index (κ1) is 18.8. The van der Waals surface area contributed by atoms with E-state index in [0.29, 0.717) is 6.61 Å². The molecular weight excluding hydrogens is 364 g/mol. The van der Waals surface area contributed by atoms with E-state index in [2.05, 4.69) is 36.7 Å². The molecule has 5 nitrogen and oxygen atoms in total. The highest BCUT2D eigenvalue weighted by Gasteiger charge is 2.12. The average molecular weight is 390 g/mol. The zero-order chi connectivity index (χ0) is 18.5. The molecule has 7 heteroatoms. The van der Waals surface area contributed by atoms with Gasteiger partial charge in [-0.15, -0.1) is 11.3 Å². The fourth-order valence-corrected chi connectivity index (χ4v) is 3.80. The first-order chi connectivity index (χ1) is 12.6. The Morgan fingerprint density at radius 1 is 1.23 bits per heavy atom. The van der Waals surface area contributed by atoms with E-state index in [4.69, 9.17) is 22.1 Å². The normalized spacial score (nSPS) is 12.3. The zero-order valence-corrected chi connectivity index (χ0v) is 17.1. The summed E-state index contributed by atoms with van der Waals surface area (Å²) >= 11 is 7.33. The van der Waals surface area contributed by atoms with Crippen LogP contribution in [0.25, 0.3) is 0 Å². The van der Waals surface area contributed by atoms with Crippen LogP contribution >= 0.6 is 23.6 Å². The van der Waals surface area contributed by atoms with E-state index >= 15 is 0 Å². The number of aromatic nitrogens is 3. The van der Waals surface area contributed by atoms with Crippen molar-refractivity contribution in [1.29, 1.82) is 0 Å². The summed E-state index contributed by atoms with van der Waals surface area (Å²) in [4.78, 5) is 2.63. The molecule has 0 aliphatic rings. The second-order valence-corrected chi connectivity index (χ2v) is 7.78. The topological polar surface area (TPSA) is 36.4 Å². The number of nitrogens with zero attached hydrogens (tertiary/aromatic N) is 3. The minimum atomic E-state index is 0.691. The fraction of sp³-hybridized carbons (Fsp3) is 0.368. The van der Waals surface area contributed by atoms with Crippen LogP contribution in [0.15, 0.2) is 41.8 Å². The molecule has 0 saturated heterocycles. The standard InChI is InChI=1S/C19H24N4OS2/c1-4-24-16-9-7-15(8-10-16)13-21(2)14-23-19(25)22(3)18(20-23)12-17-6-5-11-26-17/h5-11H,4,12-14H2,1-3H3/p+1. The molecule has 2 aromatic heterocycles. The van der Waals surface area contributed by atoms with Crippen LogP contribution in [0.2, 0.25) is 0 Å². The number of ether oxygens (including phenoxy) is 1. The Bertz CT molecular complexity index is 881. The average Bonchev–Trinajstić information content (AvgIpc) is 3.22. The molecule has 1 unspecified atom stereocenters. The van der Waals surface area contributed by atoms with Crippen molar-refractivity contribution in [3.05, 3.63) is 62.8 Å². The van der Waals surface area contributed by atoms with E-state index in [1.165, 1.54) is 15.3 Å². The van der Waals surface area contributed by atoms with E-state index < -0.39 is 0 Å². The number of quaternary nitrogens is 1. The maximum absolute atomic E-state index is 5.58. The number of nitrogens with one attached hydrogen (secondary N) is 1. The molecule has 0 radical (unpaired) electrons. The van der Waals surface area contributed by atoms with Gasteiger partial charge in [0.2, 0.25) is 4.77 Å². The molecule has 0 saturated carbocycles. The largest absolute Gasteiger partial charge is 0.494 e. The van der Waals surface area contributed by atoms with Crippen molar-refractivity contribution in [3.8, 4) is 5.75 Å². The van der Waals surface area contributed by atoms with Gasteiger partial charge in [-0.2, -0.15) is 9.78 Å². The highest BCUT2D eigenvalue weighted by Crippen LogP contribution is 2.14. The number of benzene rings is 1. The predicted octanol–water partition coefficient (Wildman–Crippen LogP) is 2.67. The van der Waals surface area contributed by atoms with Gasteiger partial charge >= 0.3 is 0 Å². The van der Waals surface area contributed by atoms with Crippen LogP contribution < -0.4 is 9.64 Å². The van der Waals surface area contributed by atoms with Crippen LogP contribution in [-0.2, 0) is 26.7 Å². The van der Waals surface area contributed by atoms with Crippen LogP contribution in [0.5, 0.6) is 5.75 Å². The van der Waals surface area contributed by atoms with E-state index in [0.717, 1.165) is 36.0 Å². The molecule has 0 fully saturated rings. The van der Waals surface area contributed by atoms with Gasteiger partial charge in [0, 0.05) is 23.9 Å². The van der Waals surface area contributed by atoms with Crippen LogP contribution in [-0.4, -0.2) is 28.0 Å². The number of thiophene rings is 1. The van der Waals surface area contributed by atoms with E-state index in [-0.39, 0.29) is 0 Å². The summed E-state index contributed by atoms with van der Waals surface area (Å²) in [6.45, 7) is 4.33. The predicted molar refractivity (Wildman–Crippen MR) is 107 cm³/mol. The Hall–Kier alpha value is -1.96. The van der Waals surface area contributed by atoms with Gasteiger partial charge in [-0.05, 0) is 54.9 Å². The van der Waals surface area contributed by atoms with E-state index in [1.807, 2.05) is 35.4 Å². The second kappa shape index (κ2) is 8.62. The molecule has 1 aromatic carbocycles. The summed E-state index contributed by atoms with van der Waals surface area (Å²) in [5.74, 6) is 1.92. The van der Waals surface area contributed by atoms with E-state index in [1.54, 1.807) is 11.3 Å². The molecule has 2 heterocycles. The van der Waals surface area contributed by atoms with Crippen LogP contribution in [0.3, 0.4) is 0 Å². The number of hydrogen-bond acceptors (Lipinski definition) is 4. The molecule has 26 heavy (non-hydrogen) atoms. The minimum Gasteiger partial charge on any atom is -0.494 e. The van der Waals surface area contributed by atoms with Gasteiger partial charge in [-0.25, -0.2) is 0 Å². The quantitative estimate of drug-likeness (QED) is 0.602. The third-order valence-corrected chi connectivity index (χ3v) is 5.56. The fourth-order valence-electron chi connectivity index (χ4n) is 2.89. The number of rotatable bonds is 8. The summed E-state index contributed by atoms with van der Waals surface area (Å²) < 4.78 is 10.2. The minimum absolute atomic E-state index is 0.691. The van der Waals surface area contributed by atoms with Gasteiger partial charge in [-0.3, -0.25) is 0 Å². The SMILES string of the molecule is CCOc1ccc(C[NH+](C)Cn2nc(Cc3cccs3)n(C)c2=S)cc1. The van der Waals surface area contributed by atoms with Crippen molar-refractivity contribution in [1.82, 2.24) is 14.3 Å². The summed E-state index contributed by atoms with van der Waals surface area (Å²) in [5.41, 5.74) is 1.27. The Kier molecular flexibility index (Phi) is 6.24. The highest BCUT2D eigenvalue weighted by molar-refractivity contribution is 7.71. The summed E-state index contributed by atoms with van der Waals surface area (Å²) in [6.07, 6.45) is 0.822. The molecule has 1 N–H and O–H groups in total. The lowest BCUT2D eigenvalue weighted by atomic mass is 10.2. The summed E-state index contributed by atoms with van der Waals surface area (Å²) in [7, 11) is 4.16. The van der Waals surface area contributed by atoms with Crippen molar-refractivity contribution >= 4 is 23.6 Å². The monoisotopic (exact) mass is 389 g/mol. The third-order valence-electron chi connectivity index (χ3n) is 4.20. The Balaban J connectivity index is 1.65. The van der Waals surface area contributed by atoms with E-state index in [9.17, 15) is 0 Å². The molecule has 1 atom stereocenters. The molecule has 3 aromatic rings. The Morgan fingerprint density at radius 2 is 2.00 bits per heavy atom. The Labute approximate surface area is 163 Å². The maximum Gasteiger partial charge on any atom is 0.202 e. The lowest BCUT2D eigenvalue weighted by Crippen LogP contribution is -3.07. The van der Waals surface area contributed by atoms with Gasteiger partial charge in [0.15, 0.2) is 6.67 Å². The molecule has 0 spiro atoms. The first-order valence-electron chi connectivity index (χ1n) is 8.75. The highest BCUT2D eigenvalue weighted by atomic mass is 32.1. The Morgan fingerprint density at radius 3 is 2.65 bits per heavy atom. The van der Waals surface area contributed by atoms with Gasteiger partial charge < -0.3 is 14.2 Å². The first-order valence-corrected chi connectivity index (χ1v) is 10.0. The van der Waals surface area contributed by atoms with Crippen molar-refractivity contribution in [2.75, 3.05) is 13.7 Å². The molecule has 0 aliphatic heterocycles. The third kappa shape index (κ3) is 4.60. The van der Waals surface area contributed by atoms with Gasteiger partial charge in [0.05, 0.1) is 13.7 Å². The van der Waals surface area contributed by atoms with Crippen LogP contribution in [0, 0.1) is 4.77 Å². The van der Waals surface area contributed by atoms with Crippen LogP contribution in [0.4, 0.5) is 0 Å². The zero-order valence-electron chi connectivity index (χ0n) is 15.4. The summed E-state index contributed by atoms with van der Waals surface area (Å²) in [5, 5.41) is 6.84. The summed E-state index contributed by atoms with van der Waals surface area (Å²) in [6, 6.07) is 12.5.